The molecule has 2 aliphatic rings. The fraction of sp³-hybridized carbons (Fsp3) is 0.818. The average Bonchev–Trinajstić information content (AvgIpc) is 2.44. The van der Waals surface area contributed by atoms with Crippen LogP contribution in [0.25, 0.3) is 0 Å². The first-order valence-electron chi connectivity index (χ1n) is 5.38. The minimum absolute atomic E-state index is 0.0741. The summed E-state index contributed by atoms with van der Waals surface area (Å²) in [5.74, 6) is -5.12. The molecule has 0 aromatic rings. The Bertz CT molecular complexity index is 371. The summed E-state index contributed by atoms with van der Waals surface area (Å²) in [5.41, 5.74) is -1.17. The summed E-state index contributed by atoms with van der Waals surface area (Å²) in [6.07, 6.45) is 0.373. The van der Waals surface area contributed by atoms with E-state index in [4.69, 9.17) is 14.2 Å². The lowest BCUT2D eigenvalue weighted by Gasteiger charge is -2.28. The van der Waals surface area contributed by atoms with Crippen molar-refractivity contribution in [1.29, 1.82) is 0 Å². The second-order valence-corrected chi connectivity index (χ2v) is 5.13. The van der Waals surface area contributed by atoms with E-state index in [1.54, 1.807) is 6.92 Å². The quantitative estimate of drug-likeness (QED) is 0.695. The van der Waals surface area contributed by atoms with Crippen molar-refractivity contribution in [2.24, 2.45) is 0 Å². The number of hydrogen-bond acceptors (Lipinski definition) is 6. The molecular formula is C11H16O6. The van der Waals surface area contributed by atoms with Gasteiger partial charge in [0.15, 0.2) is 12.1 Å². The molecule has 0 bridgehead atoms. The normalized spacial score (nSPS) is 53.5. The van der Waals surface area contributed by atoms with E-state index in [-0.39, 0.29) is 12.2 Å². The Morgan fingerprint density at radius 3 is 2.24 bits per heavy atom. The van der Waals surface area contributed by atoms with E-state index < -0.39 is 23.0 Å². The molecule has 0 aliphatic carbocycles. The molecule has 96 valence electrons. The third-order valence-corrected chi connectivity index (χ3v) is 3.43. The zero-order valence-electron chi connectivity index (χ0n) is 10.3. The molecule has 0 spiro atoms. The van der Waals surface area contributed by atoms with Crippen LogP contribution in [0, 0.1) is 0 Å². The van der Waals surface area contributed by atoms with E-state index in [2.05, 4.69) is 0 Å². The number of carbonyl (C=O) groups is 2. The minimum atomic E-state index is -1.80. The van der Waals surface area contributed by atoms with Crippen molar-refractivity contribution in [1.82, 2.24) is 0 Å². The van der Waals surface area contributed by atoms with Crippen LogP contribution in [0.1, 0.15) is 34.1 Å². The predicted molar refractivity (Wildman–Crippen MR) is 54.8 cm³/mol. The van der Waals surface area contributed by atoms with E-state index in [0.717, 1.165) is 0 Å². The third-order valence-electron chi connectivity index (χ3n) is 3.43. The van der Waals surface area contributed by atoms with Gasteiger partial charge in [0.1, 0.15) is 5.60 Å². The summed E-state index contributed by atoms with van der Waals surface area (Å²) in [6, 6.07) is 0. The van der Waals surface area contributed by atoms with Crippen molar-refractivity contribution in [3.8, 4) is 0 Å². The fourth-order valence-corrected chi connectivity index (χ4v) is 2.38. The van der Waals surface area contributed by atoms with Gasteiger partial charge in [-0.05, 0) is 27.7 Å². The summed E-state index contributed by atoms with van der Waals surface area (Å²) < 4.78 is 16.1. The maximum absolute atomic E-state index is 11.5. The van der Waals surface area contributed by atoms with Gasteiger partial charge in [-0.3, -0.25) is 9.59 Å². The molecule has 2 rings (SSSR count). The number of aldehydes is 1. The Balaban J connectivity index is 2.36. The van der Waals surface area contributed by atoms with Crippen LogP contribution in [-0.4, -0.2) is 40.1 Å². The first-order chi connectivity index (χ1) is 7.58. The summed E-state index contributed by atoms with van der Waals surface area (Å²) in [6.45, 7) is 5.76. The van der Waals surface area contributed by atoms with Gasteiger partial charge in [0.2, 0.25) is 17.4 Å². The third kappa shape index (κ3) is 1.55. The zero-order valence-corrected chi connectivity index (χ0v) is 10.3. The highest BCUT2D eigenvalue weighted by atomic mass is 16.9. The van der Waals surface area contributed by atoms with Crippen molar-refractivity contribution in [2.45, 2.75) is 57.1 Å². The maximum Gasteiger partial charge on any atom is 0.228 e. The Kier molecular flexibility index (Phi) is 2.33. The SMILES string of the molecule is CC(=O)[C@@]1(C)C[C@@]2(O)O[C@](C)(C=O)OC2(C)O1. The summed E-state index contributed by atoms with van der Waals surface area (Å²) >= 11 is 0. The number of ether oxygens (including phenoxy) is 3. The molecule has 1 unspecified atom stereocenters. The Labute approximate surface area is 98.8 Å². The predicted octanol–water partition coefficient (Wildman–Crippen LogP) is 0.121. The maximum atomic E-state index is 11.5. The van der Waals surface area contributed by atoms with Crippen molar-refractivity contribution < 1.29 is 28.9 Å². The summed E-state index contributed by atoms with van der Waals surface area (Å²) in [7, 11) is 0. The lowest BCUT2D eigenvalue weighted by Crippen LogP contribution is -2.45. The largest absolute Gasteiger partial charge is 0.361 e. The van der Waals surface area contributed by atoms with E-state index >= 15 is 0 Å². The Morgan fingerprint density at radius 1 is 1.24 bits per heavy atom. The molecule has 6 heteroatoms. The van der Waals surface area contributed by atoms with Gasteiger partial charge in [0.25, 0.3) is 0 Å². The van der Waals surface area contributed by atoms with Gasteiger partial charge in [0, 0.05) is 6.42 Å². The Morgan fingerprint density at radius 2 is 1.82 bits per heavy atom. The van der Waals surface area contributed by atoms with Crippen molar-refractivity contribution in [3.05, 3.63) is 0 Å². The number of aliphatic hydroxyl groups is 1. The molecule has 0 aromatic heterocycles. The molecule has 2 heterocycles. The van der Waals surface area contributed by atoms with E-state index in [1.807, 2.05) is 0 Å². The molecule has 2 saturated heterocycles. The van der Waals surface area contributed by atoms with Crippen LogP contribution < -0.4 is 0 Å². The lowest BCUT2D eigenvalue weighted by atomic mass is 9.94. The average molecular weight is 244 g/mol. The lowest BCUT2D eigenvalue weighted by molar-refractivity contribution is -0.270. The zero-order chi connectivity index (χ0) is 13.1. The van der Waals surface area contributed by atoms with Crippen LogP contribution in [0.5, 0.6) is 0 Å². The van der Waals surface area contributed by atoms with Crippen LogP contribution in [0.15, 0.2) is 0 Å². The highest BCUT2D eigenvalue weighted by Gasteiger charge is 2.72. The molecule has 1 N–H and O–H groups in total. The number of Topliss-reactive ketones (excluding diaryl/α,β-unsaturated/α-hetero) is 1. The summed E-state index contributed by atoms with van der Waals surface area (Å²) in [4.78, 5) is 22.4. The van der Waals surface area contributed by atoms with Crippen molar-refractivity contribution >= 4 is 12.1 Å². The van der Waals surface area contributed by atoms with Gasteiger partial charge >= 0.3 is 0 Å². The number of carbonyl (C=O) groups excluding carboxylic acids is 2. The molecule has 6 nitrogen and oxygen atoms in total. The van der Waals surface area contributed by atoms with Crippen molar-refractivity contribution in [3.63, 3.8) is 0 Å². The fourth-order valence-electron chi connectivity index (χ4n) is 2.38. The van der Waals surface area contributed by atoms with Crippen LogP contribution >= 0.6 is 0 Å². The van der Waals surface area contributed by atoms with Gasteiger partial charge in [0.05, 0.1) is 0 Å². The number of rotatable bonds is 2. The minimum Gasteiger partial charge on any atom is -0.361 e. The molecule has 2 aliphatic heterocycles. The van der Waals surface area contributed by atoms with E-state index in [9.17, 15) is 14.7 Å². The van der Waals surface area contributed by atoms with Gasteiger partial charge in [-0.25, -0.2) is 0 Å². The van der Waals surface area contributed by atoms with E-state index in [1.165, 1.54) is 20.8 Å². The van der Waals surface area contributed by atoms with E-state index in [0.29, 0.717) is 6.29 Å². The number of hydrogen-bond donors (Lipinski definition) is 1. The smallest absolute Gasteiger partial charge is 0.228 e. The molecular weight excluding hydrogens is 228 g/mol. The Hall–Kier alpha value is -0.820. The molecule has 0 amide bonds. The first-order valence-corrected chi connectivity index (χ1v) is 5.38. The highest BCUT2D eigenvalue weighted by Crippen LogP contribution is 2.54. The van der Waals surface area contributed by atoms with Crippen LogP contribution in [0.4, 0.5) is 0 Å². The summed E-state index contributed by atoms with van der Waals surface area (Å²) in [5, 5.41) is 10.4. The van der Waals surface area contributed by atoms with Crippen LogP contribution in [0.3, 0.4) is 0 Å². The van der Waals surface area contributed by atoms with Gasteiger partial charge < -0.3 is 19.3 Å². The van der Waals surface area contributed by atoms with Gasteiger partial charge in [-0.1, -0.05) is 0 Å². The van der Waals surface area contributed by atoms with Gasteiger partial charge in [-0.15, -0.1) is 0 Å². The number of ketones is 1. The molecule has 0 saturated carbocycles. The molecule has 0 aromatic carbocycles. The van der Waals surface area contributed by atoms with Crippen LogP contribution in [-0.2, 0) is 23.8 Å². The number of fused-ring (bicyclic) bond motifs is 1. The molecule has 0 radical (unpaired) electrons. The van der Waals surface area contributed by atoms with Crippen molar-refractivity contribution in [2.75, 3.05) is 0 Å². The molecule has 4 atom stereocenters. The topological polar surface area (TPSA) is 82.1 Å². The molecule has 2 fully saturated rings. The standard InChI is InChI=1S/C11H16O6/c1-7(13)8(2)5-11(14)10(4,15-8)16-9(3,6-12)17-11/h6,14H,5H2,1-4H3/t8-,9-,10?,11-/m1/s1. The highest BCUT2D eigenvalue weighted by molar-refractivity contribution is 5.85. The monoisotopic (exact) mass is 244 g/mol. The van der Waals surface area contributed by atoms with Crippen LogP contribution in [0.2, 0.25) is 0 Å². The van der Waals surface area contributed by atoms with Gasteiger partial charge in [-0.2, -0.15) is 0 Å². The second-order valence-electron chi connectivity index (χ2n) is 5.13. The molecule has 17 heavy (non-hydrogen) atoms. The first kappa shape index (κ1) is 12.6. The second kappa shape index (κ2) is 3.14.